The first-order valence-corrected chi connectivity index (χ1v) is 10.5. The fourth-order valence-electron chi connectivity index (χ4n) is 8.49. The summed E-state index contributed by atoms with van der Waals surface area (Å²) in [5.41, 5.74) is 1.72. The summed E-state index contributed by atoms with van der Waals surface area (Å²) in [6.07, 6.45) is 8.34. The fraction of sp³-hybridized carbons (Fsp3) is 0.909. The summed E-state index contributed by atoms with van der Waals surface area (Å²) in [5.74, 6) is 2.63. The fourth-order valence-corrected chi connectivity index (χ4v) is 8.49. The SMILES string of the molecule is CC1=NC[C@]23CC(=O)[C@H]4[C@@H](CC[C@]5(C)C[C@H](O)CC[C@]45C)[C@@H]2CC[C@H]13. The molecule has 0 amide bonds. The minimum atomic E-state index is -0.165. The van der Waals surface area contributed by atoms with Gasteiger partial charge in [-0.05, 0) is 74.5 Å². The van der Waals surface area contributed by atoms with E-state index in [4.69, 9.17) is 4.99 Å². The number of rotatable bonds is 0. The second kappa shape index (κ2) is 4.97. The van der Waals surface area contributed by atoms with Crippen molar-refractivity contribution in [3.63, 3.8) is 0 Å². The van der Waals surface area contributed by atoms with Crippen LogP contribution in [0.4, 0.5) is 0 Å². The van der Waals surface area contributed by atoms with E-state index >= 15 is 0 Å². The zero-order valence-corrected chi connectivity index (χ0v) is 16.1. The van der Waals surface area contributed by atoms with Crippen molar-refractivity contribution >= 4 is 11.5 Å². The van der Waals surface area contributed by atoms with E-state index in [0.29, 0.717) is 23.5 Å². The van der Waals surface area contributed by atoms with E-state index < -0.39 is 0 Å². The van der Waals surface area contributed by atoms with E-state index in [-0.39, 0.29) is 28.3 Å². The predicted molar refractivity (Wildman–Crippen MR) is 98.5 cm³/mol. The second-order valence-electron chi connectivity index (χ2n) is 10.6. The van der Waals surface area contributed by atoms with Crippen molar-refractivity contribution in [2.45, 2.75) is 78.2 Å². The molecule has 3 heteroatoms. The highest BCUT2D eigenvalue weighted by molar-refractivity contribution is 5.91. The van der Waals surface area contributed by atoms with Crippen LogP contribution in [-0.2, 0) is 4.79 Å². The van der Waals surface area contributed by atoms with Gasteiger partial charge < -0.3 is 5.11 Å². The van der Waals surface area contributed by atoms with Gasteiger partial charge in [0.1, 0.15) is 5.78 Å². The van der Waals surface area contributed by atoms with Crippen LogP contribution < -0.4 is 0 Å². The maximum Gasteiger partial charge on any atom is 0.137 e. The van der Waals surface area contributed by atoms with E-state index in [2.05, 4.69) is 20.8 Å². The van der Waals surface area contributed by atoms with Gasteiger partial charge in [0, 0.05) is 35.9 Å². The van der Waals surface area contributed by atoms with Crippen molar-refractivity contribution in [1.29, 1.82) is 0 Å². The molecule has 4 aliphatic carbocycles. The minimum absolute atomic E-state index is 0.0838. The van der Waals surface area contributed by atoms with E-state index in [1.54, 1.807) is 0 Å². The number of carbonyl (C=O) groups excluding carboxylic acids is 1. The third-order valence-corrected chi connectivity index (χ3v) is 9.90. The molecular weight excluding hydrogens is 310 g/mol. The highest BCUT2D eigenvalue weighted by Gasteiger charge is 2.68. The summed E-state index contributed by atoms with van der Waals surface area (Å²) in [5, 5.41) is 10.3. The zero-order chi connectivity index (χ0) is 17.6. The monoisotopic (exact) mass is 343 g/mol. The number of aliphatic hydroxyl groups is 1. The number of aliphatic imine (C=N–C) groups is 1. The predicted octanol–water partition coefficient (Wildman–Crippen LogP) is 4.03. The molecule has 0 aromatic rings. The van der Waals surface area contributed by atoms with E-state index in [1.165, 1.54) is 31.4 Å². The van der Waals surface area contributed by atoms with Crippen LogP contribution in [0.1, 0.15) is 72.1 Å². The molecule has 1 spiro atoms. The lowest BCUT2D eigenvalue weighted by Crippen LogP contribution is -2.61. The third-order valence-electron chi connectivity index (χ3n) is 9.90. The number of fused-ring (bicyclic) bond motifs is 4. The van der Waals surface area contributed by atoms with Gasteiger partial charge in [-0.15, -0.1) is 0 Å². The first-order valence-electron chi connectivity index (χ1n) is 10.5. The average Bonchev–Trinajstić information content (AvgIpc) is 3.06. The van der Waals surface area contributed by atoms with Crippen LogP contribution in [0.3, 0.4) is 0 Å². The number of carbonyl (C=O) groups is 1. The number of Topliss-reactive ketones (excluding diaryl/α,β-unsaturated/α-hetero) is 1. The summed E-state index contributed by atoms with van der Waals surface area (Å²) >= 11 is 0. The van der Waals surface area contributed by atoms with Gasteiger partial charge >= 0.3 is 0 Å². The summed E-state index contributed by atoms with van der Waals surface area (Å²) < 4.78 is 0. The Labute approximate surface area is 151 Å². The molecule has 1 aliphatic heterocycles. The lowest BCUT2D eigenvalue weighted by Gasteiger charge is -2.64. The Hall–Kier alpha value is -0.700. The summed E-state index contributed by atoms with van der Waals surface area (Å²) in [6.45, 7) is 7.87. The Morgan fingerprint density at radius 1 is 1.12 bits per heavy atom. The second-order valence-corrected chi connectivity index (χ2v) is 10.6. The zero-order valence-electron chi connectivity index (χ0n) is 16.1. The maximum absolute atomic E-state index is 13.6. The normalized spacial score (nSPS) is 57.4. The quantitative estimate of drug-likeness (QED) is 0.722. The molecule has 0 unspecified atom stereocenters. The summed E-state index contributed by atoms with van der Waals surface area (Å²) in [7, 11) is 0. The molecule has 4 fully saturated rings. The number of hydrogen-bond acceptors (Lipinski definition) is 3. The van der Waals surface area contributed by atoms with Crippen molar-refractivity contribution in [2.75, 3.05) is 6.54 Å². The molecule has 8 atom stereocenters. The van der Waals surface area contributed by atoms with Crippen molar-refractivity contribution in [1.82, 2.24) is 0 Å². The van der Waals surface area contributed by atoms with Gasteiger partial charge in [-0.2, -0.15) is 0 Å². The van der Waals surface area contributed by atoms with Crippen LogP contribution >= 0.6 is 0 Å². The highest BCUT2D eigenvalue weighted by atomic mass is 16.3. The highest BCUT2D eigenvalue weighted by Crippen LogP contribution is 2.70. The van der Waals surface area contributed by atoms with Crippen LogP contribution in [0.25, 0.3) is 0 Å². The van der Waals surface area contributed by atoms with Gasteiger partial charge in [-0.25, -0.2) is 0 Å². The standard InChI is InChI=1S/C22H33NO2/c1-13-16-4-5-17-15-7-8-20(2)10-14(24)6-9-21(20,3)19(15)18(25)11-22(16,17)12-23-13/h14-17,19,24H,4-12H2,1-3H3/t14-,15+,16-,17+,19-,20-,21-,22+/m1/s1. The molecule has 1 N–H and O–H groups in total. The molecule has 3 nitrogen and oxygen atoms in total. The molecule has 0 saturated heterocycles. The van der Waals surface area contributed by atoms with Crippen LogP contribution in [0.15, 0.2) is 4.99 Å². The van der Waals surface area contributed by atoms with Crippen LogP contribution in [-0.4, -0.2) is 29.3 Å². The third kappa shape index (κ3) is 1.86. The van der Waals surface area contributed by atoms with Crippen molar-refractivity contribution in [2.24, 2.45) is 44.9 Å². The summed E-state index contributed by atoms with van der Waals surface area (Å²) in [4.78, 5) is 18.4. The Kier molecular flexibility index (Phi) is 3.27. The minimum Gasteiger partial charge on any atom is -0.393 e. The van der Waals surface area contributed by atoms with E-state index in [0.717, 1.165) is 32.2 Å². The first kappa shape index (κ1) is 16.5. The van der Waals surface area contributed by atoms with Gasteiger partial charge in [0.15, 0.2) is 0 Å². The molecular formula is C22H33NO2. The van der Waals surface area contributed by atoms with Crippen molar-refractivity contribution in [3.8, 4) is 0 Å². The number of ketones is 1. The molecule has 0 bridgehead atoms. The molecule has 5 rings (SSSR count). The van der Waals surface area contributed by atoms with Crippen LogP contribution in [0, 0.1) is 39.9 Å². The van der Waals surface area contributed by atoms with Crippen LogP contribution in [0.5, 0.6) is 0 Å². The maximum atomic E-state index is 13.6. The van der Waals surface area contributed by atoms with Gasteiger partial charge in [0.2, 0.25) is 0 Å². The van der Waals surface area contributed by atoms with Gasteiger partial charge in [0.05, 0.1) is 6.10 Å². The molecule has 1 heterocycles. The van der Waals surface area contributed by atoms with E-state index in [1.807, 2.05) is 0 Å². The number of aliphatic hydroxyl groups excluding tert-OH is 1. The van der Waals surface area contributed by atoms with E-state index in [9.17, 15) is 9.90 Å². The molecule has 25 heavy (non-hydrogen) atoms. The molecule has 0 radical (unpaired) electrons. The van der Waals surface area contributed by atoms with Crippen molar-refractivity contribution < 1.29 is 9.90 Å². The Balaban J connectivity index is 1.54. The number of hydrogen-bond donors (Lipinski definition) is 1. The topological polar surface area (TPSA) is 49.7 Å². The van der Waals surface area contributed by atoms with Crippen LogP contribution in [0.2, 0.25) is 0 Å². The molecule has 5 aliphatic rings. The lowest BCUT2D eigenvalue weighted by atomic mass is 9.40. The molecule has 4 saturated carbocycles. The molecule has 0 aromatic heterocycles. The Morgan fingerprint density at radius 3 is 2.72 bits per heavy atom. The largest absolute Gasteiger partial charge is 0.393 e. The van der Waals surface area contributed by atoms with Gasteiger partial charge in [0.25, 0.3) is 0 Å². The first-order chi connectivity index (χ1) is 11.8. The molecule has 0 aromatic carbocycles. The van der Waals surface area contributed by atoms with Gasteiger partial charge in [-0.3, -0.25) is 9.79 Å². The lowest BCUT2D eigenvalue weighted by molar-refractivity contribution is -0.179. The van der Waals surface area contributed by atoms with Gasteiger partial charge in [-0.1, -0.05) is 13.8 Å². The number of nitrogens with zero attached hydrogens (tertiary/aromatic N) is 1. The average molecular weight is 344 g/mol. The Morgan fingerprint density at radius 2 is 1.92 bits per heavy atom. The smallest absolute Gasteiger partial charge is 0.137 e. The van der Waals surface area contributed by atoms with Crippen molar-refractivity contribution in [3.05, 3.63) is 0 Å². The summed E-state index contributed by atoms with van der Waals surface area (Å²) in [6, 6.07) is 0. The molecule has 138 valence electrons. The Bertz CT molecular complexity index is 656.